The number of aromatic nitrogens is 3. The zero-order valence-electron chi connectivity index (χ0n) is 16.1. The lowest BCUT2D eigenvalue weighted by Crippen LogP contribution is -2.38. The Balaban J connectivity index is 1.58. The van der Waals surface area contributed by atoms with E-state index in [2.05, 4.69) is 20.6 Å². The van der Waals surface area contributed by atoms with E-state index in [1.54, 1.807) is 36.2 Å². The van der Waals surface area contributed by atoms with Gasteiger partial charge in [0.2, 0.25) is 11.6 Å². The van der Waals surface area contributed by atoms with E-state index in [1.165, 1.54) is 12.2 Å². The molecule has 2 aliphatic rings. The van der Waals surface area contributed by atoms with Crippen molar-refractivity contribution in [3.05, 3.63) is 48.1 Å². The first-order chi connectivity index (χ1) is 13.4. The van der Waals surface area contributed by atoms with Crippen molar-refractivity contribution in [3.63, 3.8) is 0 Å². The van der Waals surface area contributed by atoms with E-state index < -0.39 is 5.72 Å². The molecule has 148 valence electrons. The number of ether oxygens (including phenoxy) is 2. The van der Waals surface area contributed by atoms with Crippen molar-refractivity contribution < 1.29 is 18.7 Å². The van der Waals surface area contributed by atoms with E-state index in [0.29, 0.717) is 22.9 Å². The molecule has 0 saturated carbocycles. The smallest absolute Gasteiger partial charge is 0.217 e. The predicted octanol–water partition coefficient (Wildman–Crippen LogP) is 2.57. The highest BCUT2D eigenvalue weighted by Crippen LogP contribution is 2.26. The lowest BCUT2D eigenvalue weighted by atomic mass is 9.92. The minimum atomic E-state index is -0.591. The number of fused-ring (bicyclic) bond motifs is 1. The standard InChI is InChI=1S/C19H22FN5O3/c1-11(13-9-12(20)5-6-15(13)26-4)27-16-7-8-25-18(22-16)14(10-21-25)17-23-19(2,3)28-24-17/h5-11,13,15H,1-4H3,(H,23,24)/t11-,13?,15?/m0/s1. The largest absolute Gasteiger partial charge is 0.474 e. The zero-order chi connectivity index (χ0) is 19.9. The maximum Gasteiger partial charge on any atom is 0.217 e. The number of hydrogen-bond acceptors (Lipinski definition) is 7. The molecule has 8 nitrogen and oxygen atoms in total. The fourth-order valence-corrected chi connectivity index (χ4v) is 3.25. The second-order valence-corrected chi connectivity index (χ2v) is 7.27. The van der Waals surface area contributed by atoms with Gasteiger partial charge in [0.25, 0.3) is 0 Å². The van der Waals surface area contributed by atoms with Gasteiger partial charge in [-0.15, -0.1) is 0 Å². The summed E-state index contributed by atoms with van der Waals surface area (Å²) in [6.07, 6.45) is 7.40. The highest BCUT2D eigenvalue weighted by Gasteiger charge is 2.31. The molecular weight excluding hydrogens is 365 g/mol. The van der Waals surface area contributed by atoms with Gasteiger partial charge in [0, 0.05) is 25.3 Å². The molecular formula is C19H22FN5O3. The third-order valence-electron chi connectivity index (χ3n) is 4.68. The maximum atomic E-state index is 13.7. The Morgan fingerprint density at radius 1 is 1.39 bits per heavy atom. The molecule has 0 saturated heterocycles. The molecule has 3 heterocycles. The van der Waals surface area contributed by atoms with E-state index in [0.717, 1.165) is 0 Å². The molecule has 2 aromatic rings. The minimum absolute atomic E-state index is 0.264. The van der Waals surface area contributed by atoms with Gasteiger partial charge in [0.05, 0.1) is 17.9 Å². The predicted molar refractivity (Wildman–Crippen MR) is 101 cm³/mol. The van der Waals surface area contributed by atoms with Crippen LogP contribution >= 0.6 is 0 Å². The number of halogens is 1. The number of nitrogens with one attached hydrogen (secondary N) is 1. The van der Waals surface area contributed by atoms with Gasteiger partial charge in [-0.05, 0) is 32.9 Å². The summed E-state index contributed by atoms with van der Waals surface area (Å²) < 4.78 is 26.8. The Labute approximate surface area is 161 Å². The van der Waals surface area contributed by atoms with Crippen LogP contribution in [0.25, 0.3) is 5.65 Å². The first-order valence-corrected chi connectivity index (χ1v) is 9.00. The second-order valence-electron chi connectivity index (χ2n) is 7.27. The van der Waals surface area contributed by atoms with Gasteiger partial charge in [0.1, 0.15) is 11.9 Å². The molecule has 0 amide bonds. The topological polar surface area (TPSA) is 82.3 Å². The highest BCUT2D eigenvalue weighted by molar-refractivity contribution is 6.04. The summed E-state index contributed by atoms with van der Waals surface area (Å²) in [4.78, 5) is 9.91. The quantitative estimate of drug-likeness (QED) is 0.849. The van der Waals surface area contributed by atoms with Crippen molar-refractivity contribution in [2.24, 2.45) is 11.1 Å². The molecule has 0 bridgehead atoms. The fourth-order valence-electron chi connectivity index (χ4n) is 3.25. The number of hydrogen-bond donors (Lipinski definition) is 1. The van der Waals surface area contributed by atoms with Crippen LogP contribution in [-0.2, 0) is 9.57 Å². The van der Waals surface area contributed by atoms with Gasteiger partial charge in [-0.3, -0.25) is 0 Å². The van der Waals surface area contributed by atoms with Crippen LogP contribution in [0.4, 0.5) is 4.39 Å². The normalized spacial score (nSPS) is 24.3. The van der Waals surface area contributed by atoms with Crippen LogP contribution in [0, 0.1) is 5.92 Å². The fraction of sp³-hybridized carbons (Fsp3) is 0.421. The molecule has 2 aromatic heterocycles. The maximum absolute atomic E-state index is 13.7. The monoisotopic (exact) mass is 387 g/mol. The summed E-state index contributed by atoms with van der Waals surface area (Å²) in [5.74, 6) is 0.383. The Kier molecular flexibility index (Phi) is 4.54. The summed E-state index contributed by atoms with van der Waals surface area (Å²) >= 11 is 0. The molecule has 1 aliphatic heterocycles. The summed E-state index contributed by atoms with van der Waals surface area (Å²) in [5, 5.41) is 11.5. The van der Waals surface area contributed by atoms with Crippen molar-refractivity contribution in [3.8, 4) is 5.88 Å². The van der Waals surface area contributed by atoms with E-state index in [-0.39, 0.29) is 24.0 Å². The number of allylic oxidation sites excluding steroid dienone is 2. The molecule has 2 unspecified atom stereocenters. The number of oxime groups is 1. The molecule has 0 spiro atoms. The zero-order valence-corrected chi connectivity index (χ0v) is 16.1. The van der Waals surface area contributed by atoms with Crippen LogP contribution in [0.15, 0.2) is 47.7 Å². The van der Waals surface area contributed by atoms with Crippen LogP contribution in [0.5, 0.6) is 5.88 Å². The van der Waals surface area contributed by atoms with Gasteiger partial charge >= 0.3 is 0 Å². The first kappa shape index (κ1) is 18.4. The average molecular weight is 387 g/mol. The highest BCUT2D eigenvalue weighted by atomic mass is 19.1. The van der Waals surface area contributed by atoms with Crippen molar-refractivity contribution in [2.45, 2.75) is 38.7 Å². The Morgan fingerprint density at radius 3 is 2.93 bits per heavy atom. The number of nitrogens with zero attached hydrogens (tertiary/aromatic N) is 4. The molecule has 3 atom stereocenters. The van der Waals surface area contributed by atoms with Gasteiger partial charge < -0.3 is 19.6 Å². The molecule has 4 rings (SSSR count). The van der Waals surface area contributed by atoms with E-state index in [9.17, 15) is 4.39 Å². The van der Waals surface area contributed by atoms with Crippen LogP contribution in [-0.4, -0.2) is 45.5 Å². The van der Waals surface area contributed by atoms with Crippen LogP contribution in [0.2, 0.25) is 0 Å². The third-order valence-corrected chi connectivity index (χ3v) is 4.68. The van der Waals surface area contributed by atoms with Crippen molar-refractivity contribution in [1.82, 2.24) is 19.9 Å². The van der Waals surface area contributed by atoms with Gasteiger partial charge in [-0.1, -0.05) is 11.2 Å². The van der Waals surface area contributed by atoms with Crippen molar-refractivity contribution >= 4 is 11.5 Å². The number of methoxy groups -OCH3 is 1. The Morgan fingerprint density at radius 2 is 2.21 bits per heavy atom. The summed E-state index contributed by atoms with van der Waals surface area (Å²) in [5.41, 5.74) is 0.683. The van der Waals surface area contributed by atoms with Gasteiger partial charge in [-0.2, -0.15) is 10.1 Å². The van der Waals surface area contributed by atoms with Crippen molar-refractivity contribution in [1.29, 1.82) is 0 Å². The summed E-state index contributed by atoms with van der Waals surface area (Å²) in [6, 6.07) is 1.71. The lowest BCUT2D eigenvalue weighted by Gasteiger charge is -2.28. The van der Waals surface area contributed by atoms with Crippen LogP contribution in [0.1, 0.15) is 26.3 Å². The van der Waals surface area contributed by atoms with E-state index in [4.69, 9.17) is 14.3 Å². The molecule has 1 N–H and O–H groups in total. The Hall–Kier alpha value is -2.94. The molecule has 1 aliphatic carbocycles. The van der Waals surface area contributed by atoms with Crippen LogP contribution < -0.4 is 10.1 Å². The second kappa shape index (κ2) is 6.90. The molecule has 9 heteroatoms. The lowest BCUT2D eigenvalue weighted by molar-refractivity contribution is -0.00234. The van der Waals surface area contributed by atoms with E-state index >= 15 is 0 Å². The summed E-state index contributed by atoms with van der Waals surface area (Å²) in [6.45, 7) is 5.61. The minimum Gasteiger partial charge on any atom is -0.474 e. The molecule has 0 aromatic carbocycles. The number of rotatable bonds is 5. The SMILES string of the molecule is COC1C=CC(F)=CC1[C@H](C)Oc1ccn2ncc(C3=NOC(C)(C)N3)c2n1. The third kappa shape index (κ3) is 3.45. The first-order valence-electron chi connectivity index (χ1n) is 9.00. The average Bonchev–Trinajstić information content (AvgIpc) is 3.24. The summed E-state index contributed by atoms with van der Waals surface area (Å²) in [7, 11) is 1.59. The van der Waals surface area contributed by atoms with Gasteiger partial charge in [0.15, 0.2) is 11.5 Å². The molecule has 0 radical (unpaired) electrons. The number of amidine groups is 1. The van der Waals surface area contributed by atoms with Crippen LogP contribution in [0.3, 0.4) is 0 Å². The molecule has 28 heavy (non-hydrogen) atoms. The van der Waals surface area contributed by atoms with Gasteiger partial charge in [-0.25, -0.2) is 8.91 Å². The van der Waals surface area contributed by atoms with Crippen molar-refractivity contribution in [2.75, 3.05) is 7.11 Å². The molecule has 0 fully saturated rings. The van der Waals surface area contributed by atoms with E-state index in [1.807, 2.05) is 20.8 Å². The Bertz CT molecular complexity index is 981.